The van der Waals surface area contributed by atoms with Gasteiger partial charge in [-0.3, -0.25) is 4.79 Å². The Labute approximate surface area is 270 Å². The normalized spacial score (nSPS) is 11.6. The van der Waals surface area contributed by atoms with Crippen LogP contribution in [0.15, 0.2) is 107 Å². The van der Waals surface area contributed by atoms with E-state index >= 15 is 0 Å². The van der Waals surface area contributed by atoms with Crippen LogP contribution in [-0.2, 0) is 25.7 Å². The van der Waals surface area contributed by atoms with Crippen LogP contribution < -0.4 is 4.90 Å². The van der Waals surface area contributed by atoms with Gasteiger partial charge in [-0.05, 0) is 91.9 Å². The summed E-state index contributed by atoms with van der Waals surface area (Å²) in [6.07, 6.45) is 4.55. The summed E-state index contributed by atoms with van der Waals surface area (Å²) in [6.45, 7) is 8.33. The van der Waals surface area contributed by atoms with Crippen molar-refractivity contribution in [2.24, 2.45) is 10.3 Å². The van der Waals surface area contributed by atoms with E-state index in [0.29, 0.717) is 22.6 Å². The van der Waals surface area contributed by atoms with Crippen LogP contribution in [0.25, 0.3) is 0 Å². The van der Waals surface area contributed by atoms with E-state index in [2.05, 4.69) is 22.1 Å². The molecule has 4 aromatic carbocycles. The number of oxime groups is 2. The zero-order valence-electron chi connectivity index (χ0n) is 26.9. The number of hydrogen-bond acceptors (Lipinski definition) is 8. The fraction of sp³-hybridized carbons (Fsp3) is 0.237. The van der Waals surface area contributed by atoms with Crippen LogP contribution in [0, 0.1) is 0 Å². The van der Waals surface area contributed by atoms with E-state index in [9.17, 15) is 14.4 Å². The number of aryl methyl sites for hydroxylation is 1. The van der Waals surface area contributed by atoms with E-state index in [1.807, 2.05) is 97.1 Å². The number of benzene rings is 4. The van der Waals surface area contributed by atoms with Crippen LogP contribution in [0.2, 0.25) is 0 Å². The van der Waals surface area contributed by atoms with Gasteiger partial charge < -0.3 is 14.6 Å². The first-order valence-corrected chi connectivity index (χ1v) is 15.3. The Morgan fingerprint density at radius 2 is 0.913 bits per heavy atom. The summed E-state index contributed by atoms with van der Waals surface area (Å²) in [5.74, 6) is -1.00. The molecule has 4 aromatic rings. The van der Waals surface area contributed by atoms with Crippen LogP contribution in [0.1, 0.15) is 86.5 Å². The number of nitrogens with zero attached hydrogens (tertiary/aromatic N) is 3. The van der Waals surface area contributed by atoms with Gasteiger partial charge in [0.15, 0.2) is 5.78 Å². The van der Waals surface area contributed by atoms with Gasteiger partial charge in [0.2, 0.25) is 0 Å². The Hall–Kier alpha value is -5.37. The average molecular weight is 618 g/mol. The molecule has 8 heteroatoms. The van der Waals surface area contributed by atoms with Crippen molar-refractivity contribution in [1.29, 1.82) is 0 Å². The molecule has 8 nitrogen and oxygen atoms in total. The van der Waals surface area contributed by atoms with E-state index in [1.54, 1.807) is 13.8 Å². The molecular formula is C38H39N3O5. The lowest BCUT2D eigenvalue weighted by atomic mass is 9.99. The molecule has 0 heterocycles. The first-order valence-electron chi connectivity index (χ1n) is 15.3. The topological polar surface area (TPSA) is 97.6 Å². The standard InChI is InChI=1S/C38H39N3O5/c1-6-7-8-9-30-10-12-33(13-11-30)38(44)34-18-24-37(25-19-34)41(35-20-14-31(15-21-35)26(2)39-45-28(4)42)36-22-16-32(17-23-36)27(3)40-46-29(5)43/h10-25H,6-9H2,1-5H3/b39-26-,40-27?. The highest BCUT2D eigenvalue weighted by Crippen LogP contribution is 2.35. The van der Waals surface area contributed by atoms with E-state index in [4.69, 9.17) is 9.68 Å². The first-order chi connectivity index (χ1) is 22.2. The summed E-state index contributed by atoms with van der Waals surface area (Å²) in [5.41, 5.74) is 7.81. The largest absolute Gasteiger partial charge is 0.331 e. The molecule has 0 aromatic heterocycles. The molecule has 0 saturated heterocycles. The summed E-state index contributed by atoms with van der Waals surface area (Å²) in [5, 5.41) is 7.78. The van der Waals surface area contributed by atoms with E-state index in [0.717, 1.165) is 41.0 Å². The number of carbonyl (C=O) groups excluding carboxylic acids is 3. The van der Waals surface area contributed by atoms with Crippen molar-refractivity contribution in [2.45, 2.75) is 60.3 Å². The van der Waals surface area contributed by atoms with Gasteiger partial charge in [0, 0.05) is 42.0 Å². The van der Waals surface area contributed by atoms with Gasteiger partial charge in [0.25, 0.3) is 0 Å². The minimum absolute atomic E-state index is 0.0306. The maximum atomic E-state index is 13.3. The minimum Gasteiger partial charge on any atom is -0.318 e. The van der Waals surface area contributed by atoms with E-state index in [1.165, 1.54) is 32.3 Å². The van der Waals surface area contributed by atoms with Gasteiger partial charge in [-0.2, -0.15) is 0 Å². The third kappa shape index (κ3) is 9.08. The summed E-state index contributed by atoms with van der Waals surface area (Å²) >= 11 is 0. The second-order valence-corrected chi connectivity index (χ2v) is 11.0. The lowest BCUT2D eigenvalue weighted by Gasteiger charge is -2.26. The zero-order valence-corrected chi connectivity index (χ0v) is 26.9. The highest BCUT2D eigenvalue weighted by Gasteiger charge is 2.16. The molecule has 0 spiro atoms. The van der Waals surface area contributed by atoms with E-state index < -0.39 is 11.9 Å². The molecule has 0 bridgehead atoms. The summed E-state index contributed by atoms with van der Waals surface area (Å²) in [4.78, 5) is 47.4. The summed E-state index contributed by atoms with van der Waals surface area (Å²) in [6, 6.07) is 30.8. The van der Waals surface area contributed by atoms with Crippen molar-refractivity contribution < 1.29 is 24.1 Å². The van der Waals surface area contributed by atoms with Crippen LogP contribution in [0.4, 0.5) is 17.1 Å². The third-order valence-electron chi connectivity index (χ3n) is 7.38. The summed E-state index contributed by atoms with van der Waals surface area (Å²) < 4.78 is 0. The van der Waals surface area contributed by atoms with Crippen molar-refractivity contribution in [3.8, 4) is 0 Å². The van der Waals surface area contributed by atoms with Crippen molar-refractivity contribution in [3.63, 3.8) is 0 Å². The lowest BCUT2D eigenvalue weighted by Crippen LogP contribution is -2.11. The number of unbranched alkanes of at least 4 members (excludes halogenated alkanes) is 2. The molecule has 236 valence electrons. The fourth-order valence-corrected chi connectivity index (χ4v) is 4.85. The predicted molar refractivity (Wildman–Crippen MR) is 182 cm³/mol. The molecule has 0 amide bonds. The fourth-order valence-electron chi connectivity index (χ4n) is 4.85. The second kappa shape index (κ2) is 16.1. The highest BCUT2D eigenvalue weighted by atomic mass is 16.7. The zero-order chi connectivity index (χ0) is 33.1. The lowest BCUT2D eigenvalue weighted by molar-refractivity contribution is -0.141. The molecule has 0 aliphatic heterocycles. The maximum absolute atomic E-state index is 13.3. The monoisotopic (exact) mass is 617 g/mol. The minimum atomic E-state index is -0.486. The van der Waals surface area contributed by atoms with Crippen molar-refractivity contribution in [3.05, 3.63) is 125 Å². The molecule has 0 N–H and O–H groups in total. The molecule has 0 aliphatic carbocycles. The van der Waals surface area contributed by atoms with Crippen molar-refractivity contribution in [1.82, 2.24) is 0 Å². The van der Waals surface area contributed by atoms with Gasteiger partial charge in [0.1, 0.15) is 0 Å². The van der Waals surface area contributed by atoms with Crippen LogP contribution in [0.3, 0.4) is 0 Å². The van der Waals surface area contributed by atoms with E-state index in [-0.39, 0.29) is 5.78 Å². The Balaban J connectivity index is 1.64. The number of carbonyl (C=O) groups is 3. The maximum Gasteiger partial charge on any atom is 0.331 e. The Kier molecular flexibility index (Phi) is 11.7. The third-order valence-corrected chi connectivity index (χ3v) is 7.38. The summed E-state index contributed by atoms with van der Waals surface area (Å²) in [7, 11) is 0. The molecule has 4 rings (SSSR count). The molecule has 0 atom stereocenters. The molecule has 0 unspecified atom stereocenters. The molecule has 0 fully saturated rings. The number of ketones is 1. The van der Waals surface area contributed by atoms with Gasteiger partial charge in [0.05, 0.1) is 11.4 Å². The number of hydrogen-bond donors (Lipinski definition) is 0. The number of anilines is 3. The molecular weight excluding hydrogens is 578 g/mol. The molecule has 0 aliphatic rings. The van der Waals surface area contributed by atoms with Gasteiger partial charge in [-0.1, -0.05) is 78.6 Å². The van der Waals surface area contributed by atoms with Crippen LogP contribution >= 0.6 is 0 Å². The van der Waals surface area contributed by atoms with Crippen molar-refractivity contribution >= 4 is 46.2 Å². The SMILES string of the molecule is CCCCCc1ccc(C(=O)c2ccc(N(c3ccc(C(C)=NOC(C)=O)cc3)c3ccc(/C(C)=N\OC(C)=O)cc3)cc2)cc1. The predicted octanol–water partition coefficient (Wildman–Crippen LogP) is 8.69. The quantitative estimate of drug-likeness (QED) is 0.0489. The Morgan fingerprint density at radius 1 is 0.543 bits per heavy atom. The van der Waals surface area contributed by atoms with Crippen LogP contribution in [0.5, 0.6) is 0 Å². The Morgan fingerprint density at radius 3 is 1.28 bits per heavy atom. The van der Waals surface area contributed by atoms with Gasteiger partial charge in [-0.15, -0.1) is 0 Å². The molecule has 46 heavy (non-hydrogen) atoms. The Bertz CT molecular complexity index is 1630. The van der Waals surface area contributed by atoms with Crippen molar-refractivity contribution in [2.75, 3.05) is 4.90 Å². The molecule has 0 saturated carbocycles. The average Bonchev–Trinajstić information content (AvgIpc) is 3.07. The van der Waals surface area contributed by atoms with Crippen LogP contribution in [-0.4, -0.2) is 29.1 Å². The van der Waals surface area contributed by atoms with Gasteiger partial charge in [-0.25, -0.2) is 9.59 Å². The van der Waals surface area contributed by atoms with Gasteiger partial charge >= 0.3 is 11.9 Å². The highest BCUT2D eigenvalue weighted by molar-refractivity contribution is 6.09. The first kappa shape index (κ1) is 33.5. The smallest absolute Gasteiger partial charge is 0.318 e. The molecule has 0 radical (unpaired) electrons. The second-order valence-electron chi connectivity index (χ2n) is 11.0. The number of rotatable bonds is 13.